The molecule has 0 saturated carbocycles. The van der Waals surface area contributed by atoms with Crippen LogP contribution in [-0.2, 0) is 20.9 Å². The lowest BCUT2D eigenvalue weighted by Gasteiger charge is -2.18. The Morgan fingerprint density at radius 1 is 1.14 bits per heavy atom. The molecule has 3 N–H and O–H groups in total. The van der Waals surface area contributed by atoms with Crippen molar-refractivity contribution in [2.45, 2.75) is 53.1 Å². The Labute approximate surface area is 251 Å². The van der Waals surface area contributed by atoms with Crippen molar-refractivity contribution in [1.29, 1.82) is 0 Å². The van der Waals surface area contributed by atoms with Crippen LogP contribution in [0, 0.1) is 31.4 Å². The number of hydrogen-bond acceptors (Lipinski definition) is 5. The normalized spacial score (nSPS) is 11.3. The molecule has 8 nitrogen and oxygen atoms in total. The average Bonchev–Trinajstić information content (AvgIpc) is 2.94. The highest BCUT2D eigenvalue weighted by molar-refractivity contribution is 5.73. The zero-order chi connectivity index (χ0) is 32.1. The molecular weight excluding hydrogens is 556 g/mol. The summed E-state index contributed by atoms with van der Waals surface area (Å²) in [5.74, 6) is -2.85. The molecule has 0 spiro atoms. The minimum atomic E-state index is -1.23. The first-order valence-corrected chi connectivity index (χ1v) is 14.0. The van der Waals surface area contributed by atoms with E-state index in [2.05, 4.69) is 31.1 Å². The predicted octanol–water partition coefficient (Wildman–Crippen LogP) is 5.61. The van der Waals surface area contributed by atoms with Crippen molar-refractivity contribution in [3.05, 3.63) is 99.5 Å². The highest BCUT2D eigenvalue weighted by atomic mass is 19.2. The third-order valence-corrected chi connectivity index (χ3v) is 6.79. The number of aliphatic carboxylic acids is 1. The van der Waals surface area contributed by atoms with Gasteiger partial charge in [0, 0.05) is 37.7 Å². The molecule has 0 saturated heterocycles. The molecule has 43 heavy (non-hydrogen) atoms. The fourth-order valence-electron chi connectivity index (χ4n) is 4.53. The summed E-state index contributed by atoms with van der Waals surface area (Å²) in [7, 11) is 1.63. The van der Waals surface area contributed by atoms with Gasteiger partial charge in [0.25, 0.3) is 5.56 Å². The quantitative estimate of drug-likeness (QED) is 0.209. The number of carbonyl (C=O) groups excluding carboxylic acids is 1. The molecule has 2 aromatic carbocycles. The molecule has 1 atom stereocenters. The Morgan fingerprint density at radius 3 is 2.40 bits per heavy atom. The van der Waals surface area contributed by atoms with E-state index in [9.17, 15) is 23.2 Å². The van der Waals surface area contributed by atoms with Crippen LogP contribution in [0.4, 0.5) is 8.78 Å². The summed E-state index contributed by atoms with van der Waals surface area (Å²) in [6.45, 7) is 13.9. The molecule has 1 aromatic heterocycles. The lowest BCUT2D eigenvalue weighted by Crippen LogP contribution is -2.27. The average molecular weight is 598 g/mol. The molecule has 1 heterocycles. The number of halogens is 2. The van der Waals surface area contributed by atoms with Crippen molar-refractivity contribution in [1.82, 2.24) is 15.2 Å². The Bertz CT molecular complexity index is 1450. The van der Waals surface area contributed by atoms with Gasteiger partial charge in [-0.1, -0.05) is 38.6 Å². The van der Waals surface area contributed by atoms with E-state index in [0.717, 1.165) is 35.7 Å². The predicted molar refractivity (Wildman–Crippen MR) is 165 cm³/mol. The van der Waals surface area contributed by atoms with Crippen molar-refractivity contribution in [2.75, 3.05) is 20.3 Å². The Balaban J connectivity index is 0.000000309. The largest absolute Gasteiger partial charge is 0.481 e. The molecule has 10 heteroatoms. The number of carboxylic acids is 1. The van der Waals surface area contributed by atoms with E-state index >= 15 is 0 Å². The van der Waals surface area contributed by atoms with Crippen molar-refractivity contribution in [3.63, 3.8) is 0 Å². The van der Waals surface area contributed by atoms with Gasteiger partial charge in [-0.05, 0) is 72.7 Å². The molecule has 1 unspecified atom stereocenters. The Kier molecular flexibility index (Phi) is 13.8. The fraction of sp³-hybridized carbons (Fsp3) is 0.364. The van der Waals surface area contributed by atoms with E-state index in [4.69, 9.17) is 9.84 Å². The van der Waals surface area contributed by atoms with E-state index in [1.54, 1.807) is 23.9 Å². The van der Waals surface area contributed by atoms with Crippen LogP contribution in [0.2, 0.25) is 0 Å². The van der Waals surface area contributed by atoms with E-state index in [0.29, 0.717) is 35.9 Å². The summed E-state index contributed by atoms with van der Waals surface area (Å²) in [4.78, 5) is 33.9. The van der Waals surface area contributed by atoms with Gasteiger partial charge in [-0.3, -0.25) is 14.4 Å². The van der Waals surface area contributed by atoms with Gasteiger partial charge in [0.2, 0.25) is 6.41 Å². The number of aryl methyl sites for hydroxylation is 2. The first kappa shape index (κ1) is 34.9. The second-order valence-electron chi connectivity index (χ2n) is 10.6. The summed E-state index contributed by atoms with van der Waals surface area (Å²) in [6.07, 6.45) is 2.55. The number of carboxylic acid groups (broad SMARTS) is 1. The minimum absolute atomic E-state index is 0.0263. The molecule has 0 aliphatic carbocycles. The molecular formula is C33H41F2N3O5. The van der Waals surface area contributed by atoms with E-state index in [1.807, 2.05) is 38.1 Å². The molecule has 1 amide bonds. The van der Waals surface area contributed by atoms with Crippen LogP contribution < -0.4 is 16.2 Å². The number of methoxy groups -OCH3 is 1. The highest BCUT2D eigenvalue weighted by Gasteiger charge is 2.23. The number of nitrogens with zero attached hydrogens (tertiary/aromatic N) is 1. The van der Waals surface area contributed by atoms with Gasteiger partial charge in [-0.25, -0.2) is 8.78 Å². The van der Waals surface area contributed by atoms with Crippen LogP contribution >= 0.6 is 0 Å². The van der Waals surface area contributed by atoms with Crippen LogP contribution in [0.25, 0.3) is 16.8 Å². The Morgan fingerprint density at radius 2 is 1.81 bits per heavy atom. The van der Waals surface area contributed by atoms with E-state index < -0.39 is 30.1 Å². The molecule has 3 aromatic rings. The second-order valence-corrected chi connectivity index (χ2v) is 10.6. The molecule has 232 valence electrons. The first-order valence-electron chi connectivity index (χ1n) is 14.0. The fourth-order valence-corrected chi connectivity index (χ4v) is 4.53. The van der Waals surface area contributed by atoms with Gasteiger partial charge in [0.1, 0.15) is 0 Å². The third-order valence-electron chi connectivity index (χ3n) is 6.79. The van der Waals surface area contributed by atoms with Gasteiger partial charge in [0.05, 0.1) is 24.6 Å². The first-order chi connectivity index (χ1) is 20.4. The standard InChI is InChI=1S/C18H17F2NO3.C15H24N2O2/c1-10-4-3-5-11(2)17(10)12-6-13(18(20)14(19)7-12)15(21-9-22)8-16(23)24;1-12(2)7-8-16-13(3)14-6-5-9-17(15(14)18)10-11-19-4/h3-7,9,15H,8H2,1-2H3,(H,21,22)(H,23,24);5-6,9,12,16H,3,7-8,10-11H2,1-2,4H3. The van der Waals surface area contributed by atoms with Crippen LogP contribution in [0.1, 0.15) is 55.0 Å². The van der Waals surface area contributed by atoms with E-state index in [-0.39, 0.29) is 17.5 Å². The van der Waals surface area contributed by atoms with Crippen molar-refractivity contribution >= 4 is 18.1 Å². The maximum absolute atomic E-state index is 14.2. The number of aromatic nitrogens is 1. The third kappa shape index (κ3) is 10.2. The van der Waals surface area contributed by atoms with Crippen LogP contribution in [0.5, 0.6) is 0 Å². The molecule has 0 aliphatic rings. The van der Waals surface area contributed by atoms with Gasteiger partial charge in [-0.2, -0.15) is 0 Å². The minimum Gasteiger partial charge on any atom is -0.481 e. The monoisotopic (exact) mass is 597 g/mol. The van der Waals surface area contributed by atoms with Gasteiger partial charge in [0.15, 0.2) is 11.6 Å². The topological polar surface area (TPSA) is 110 Å². The zero-order valence-corrected chi connectivity index (χ0v) is 25.4. The van der Waals surface area contributed by atoms with Crippen LogP contribution in [0.3, 0.4) is 0 Å². The van der Waals surface area contributed by atoms with Crippen LogP contribution in [0.15, 0.2) is 60.0 Å². The number of rotatable bonds is 14. The number of ether oxygens (including phenoxy) is 1. The zero-order valence-electron chi connectivity index (χ0n) is 25.4. The number of pyridine rings is 1. The molecule has 3 rings (SSSR count). The molecule has 0 bridgehead atoms. The lowest BCUT2D eigenvalue weighted by atomic mass is 9.92. The van der Waals surface area contributed by atoms with E-state index in [1.165, 1.54) is 6.07 Å². The summed E-state index contributed by atoms with van der Waals surface area (Å²) in [5, 5.41) is 14.4. The summed E-state index contributed by atoms with van der Waals surface area (Å²) in [6, 6.07) is 10.5. The lowest BCUT2D eigenvalue weighted by molar-refractivity contribution is -0.137. The molecule has 0 aliphatic heterocycles. The highest BCUT2D eigenvalue weighted by Crippen LogP contribution is 2.32. The van der Waals surface area contributed by atoms with Crippen molar-refractivity contribution in [2.24, 2.45) is 5.92 Å². The summed E-state index contributed by atoms with van der Waals surface area (Å²) in [5.41, 5.74) is 4.04. The molecule has 0 fully saturated rings. The maximum Gasteiger partial charge on any atom is 0.305 e. The number of carbonyl (C=O) groups is 2. The summed E-state index contributed by atoms with van der Waals surface area (Å²) >= 11 is 0. The Hall–Kier alpha value is -4.31. The smallest absolute Gasteiger partial charge is 0.305 e. The second kappa shape index (κ2) is 17.0. The number of amides is 1. The number of benzene rings is 2. The summed E-state index contributed by atoms with van der Waals surface area (Å²) < 4.78 is 34.9. The van der Waals surface area contributed by atoms with Crippen LogP contribution in [-0.4, -0.2) is 42.3 Å². The maximum atomic E-state index is 14.2. The van der Waals surface area contributed by atoms with Crippen molar-refractivity contribution in [3.8, 4) is 11.1 Å². The number of hydrogen-bond donors (Lipinski definition) is 3. The van der Waals surface area contributed by atoms with Gasteiger partial charge >= 0.3 is 5.97 Å². The van der Waals surface area contributed by atoms with Gasteiger partial charge < -0.3 is 25.0 Å². The molecule has 0 radical (unpaired) electrons. The SMILES string of the molecule is C=C(NCCC(C)C)c1cccn(CCOC)c1=O.Cc1cccc(C)c1-c1cc(F)c(F)c(C(CC(=O)O)NC=O)c1. The van der Waals surface area contributed by atoms with Gasteiger partial charge in [-0.15, -0.1) is 0 Å². The van der Waals surface area contributed by atoms with Crippen molar-refractivity contribution < 1.29 is 28.2 Å². The number of nitrogens with one attached hydrogen (secondary N) is 2.